The van der Waals surface area contributed by atoms with E-state index in [0.717, 1.165) is 19.3 Å². The van der Waals surface area contributed by atoms with E-state index in [1.165, 1.54) is 26.4 Å². The van der Waals surface area contributed by atoms with Crippen molar-refractivity contribution >= 4 is 5.97 Å². The van der Waals surface area contributed by atoms with Crippen LogP contribution in [0.25, 0.3) is 0 Å². The standard InChI is InChI=1S/C12H24O3/c1-3-4-5-6-8-11(13)9-7-10-12(14)15-2/h11,13H,3-10H2,1-2H3. The Labute approximate surface area is 92.8 Å². The van der Waals surface area contributed by atoms with Gasteiger partial charge in [-0.3, -0.25) is 4.79 Å². The van der Waals surface area contributed by atoms with Crippen molar-refractivity contribution < 1.29 is 14.6 Å². The maximum atomic E-state index is 10.8. The van der Waals surface area contributed by atoms with Gasteiger partial charge in [0.05, 0.1) is 13.2 Å². The van der Waals surface area contributed by atoms with Gasteiger partial charge in [-0.05, 0) is 19.3 Å². The Morgan fingerprint density at radius 3 is 2.47 bits per heavy atom. The van der Waals surface area contributed by atoms with Crippen LogP contribution in [-0.2, 0) is 9.53 Å². The normalized spacial score (nSPS) is 12.5. The van der Waals surface area contributed by atoms with E-state index in [2.05, 4.69) is 11.7 Å². The van der Waals surface area contributed by atoms with E-state index < -0.39 is 0 Å². The van der Waals surface area contributed by atoms with Gasteiger partial charge in [0.2, 0.25) is 0 Å². The summed E-state index contributed by atoms with van der Waals surface area (Å²) in [7, 11) is 1.39. The number of hydrogen-bond acceptors (Lipinski definition) is 3. The molecule has 0 radical (unpaired) electrons. The summed E-state index contributed by atoms with van der Waals surface area (Å²) in [6.45, 7) is 2.17. The molecule has 0 spiro atoms. The third kappa shape index (κ3) is 9.73. The SMILES string of the molecule is CCCCCCC(O)CCCC(=O)OC. The number of methoxy groups -OCH3 is 1. The van der Waals surface area contributed by atoms with Crippen LogP contribution in [0.5, 0.6) is 0 Å². The van der Waals surface area contributed by atoms with Gasteiger partial charge in [0, 0.05) is 6.42 Å². The number of aliphatic hydroxyl groups is 1. The van der Waals surface area contributed by atoms with Crippen LogP contribution in [0, 0.1) is 0 Å². The van der Waals surface area contributed by atoms with E-state index in [1.54, 1.807) is 0 Å². The monoisotopic (exact) mass is 216 g/mol. The average Bonchev–Trinajstić information content (AvgIpc) is 2.24. The molecule has 90 valence electrons. The topological polar surface area (TPSA) is 46.5 Å². The lowest BCUT2D eigenvalue weighted by Crippen LogP contribution is -2.08. The first-order chi connectivity index (χ1) is 7.20. The van der Waals surface area contributed by atoms with Crippen molar-refractivity contribution in [2.75, 3.05) is 7.11 Å². The molecule has 3 heteroatoms. The number of carbonyl (C=O) groups excluding carboxylic acids is 1. The average molecular weight is 216 g/mol. The molecule has 0 heterocycles. The molecule has 1 atom stereocenters. The molecule has 3 nitrogen and oxygen atoms in total. The lowest BCUT2D eigenvalue weighted by Gasteiger charge is -2.09. The van der Waals surface area contributed by atoms with Crippen molar-refractivity contribution in [3.63, 3.8) is 0 Å². The molecule has 15 heavy (non-hydrogen) atoms. The Morgan fingerprint density at radius 1 is 1.20 bits per heavy atom. The fourth-order valence-electron chi connectivity index (χ4n) is 1.54. The maximum absolute atomic E-state index is 10.8. The van der Waals surface area contributed by atoms with E-state index in [4.69, 9.17) is 0 Å². The van der Waals surface area contributed by atoms with Gasteiger partial charge in [0.15, 0.2) is 0 Å². The highest BCUT2D eigenvalue weighted by molar-refractivity contribution is 5.68. The molecule has 0 aliphatic carbocycles. The molecule has 0 aromatic heterocycles. The number of unbranched alkanes of at least 4 members (excludes halogenated alkanes) is 3. The molecule has 0 aromatic carbocycles. The lowest BCUT2D eigenvalue weighted by atomic mass is 10.0. The minimum absolute atomic E-state index is 0.187. The molecule has 0 aliphatic rings. The molecule has 0 aliphatic heterocycles. The van der Waals surface area contributed by atoms with Crippen LogP contribution in [-0.4, -0.2) is 24.3 Å². The predicted octanol–water partition coefficient (Wildman–Crippen LogP) is 2.66. The third-order valence-electron chi connectivity index (χ3n) is 2.54. The number of rotatable bonds is 9. The van der Waals surface area contributed by atoms with Crippen molar-refractivity contribution in [1.29, 1.82) is 0 Å². The second kappa shape index (κ2) is 9.97. The highest BCUT2D eigenvalue weighted by atomic mass is 16.5. The number of aliphatic hydroxyl groups excluding tert-OH is 1. The van der Waals surface area contributed by atoms with Crippen LogP contribution in [0.3, 0.4) is 0 Å². The molecule has 0 fully saturated rings. The maximum Gasteiger partial charge on any atom is 0.305 e. The molecule has 0 bridgehead atoms. The molecule has 0 rings (SSSR count). The summed E-state index contributed by atoms with van der Waals surface area (Å²) in [5.41, 5.74) is 0. The summed E-state index contributed by atoms with van der Waals surface area (Å²) in [6, 6.07) is 0. The number of esters is 1. The Bertz CT molecular complexity index is 157. The molecular formula is C12H24O3. The Hall–Kier alpha value is -0.570. The Morgan fingerprint density at radius 2 is 1.87 bits per heavy atom. The quantitative estimate of drug-likeness (QED) is 0.476. The van der Waals surface area contributed by atoms with Gasteiger partial charge in [-0.2, -0.15) is 0 Å². The van der Waals surface area contributed by atoms with Crippen LogP contribution < -0.4 is 0 Å². The summed E-state index contributed by atoms with van der Waals surface area (Å²) in [4.78, 5) is 10.8. The smallest absolute Gasteiger partial charge is 0.305 e. The molecule has 0 aromatic rings. The zero-order valence-electron chi connectivity index (χ0n) is 10.00. The third-order valence-corrected chi connectivity index (χ3v) is 2.54. The second-order valence-electron chi connectivity index (χ2n) is 3.97. The van der Waals surface area contributed by atoms with E-state index in [-0.39, 0.29) is 12.1 Å². The molecule has 1 unspecified atom stereocenters. The second-order valence-corrected chi connectivity index (χ2v) is 3.97. The zero-order chi connectivity index (χ0) is 11.5. The summed E-state index contributed by atoms with van der Waals surface area (Å²) in [5.74, 6) is -0.187. The van der Waals surface area contributed by atoms with Gasteiger partial charge in [0.1, 0.15) is 0 Å². The van der Waals surface area contributed by atoms with Gasteiger partial charge in [0.25, 0.3) is 0 Å². The van der Waals surface area contributed by atoms with Gasteiger partial charge >= 0.3 is 5.97 Å². The first kappa shape index (κ1) is 14.4. The Kier molecular flexibility index (Phi) is 9.59. The number of ether oxygens (including phenoxy) is 1. The Balaban J connectivity index is 3.25. The minimum atomic E-state index is -0.244. The highest BCUT2D eigenvalue weighted by Crippen LogP contribution is 2.10. The van der Waals surface area contributed by atoms with Crippen molar-refractivity contribution in [2.24, 2.45) is 0 Å². The molecule has 1 N–H and O–H groups in total. The van der Waals surface area contributed by atoms with Crippen molar-refractivity contribution in [3.05, 3.63) is 0 Å². The summed E-state index contributed by atoms with van der Waals surface area (Å²) in [6.07, 6.45) is 7.23. The lowest BCUT2D eigenvalue weighted by molar-refractivity contribution is -0.140. The van der Waals surface area contributed by atoms with Crippen molar-refractivity contribution in [1.82, 2.24) is 0 Å². The van der Waals surface area contributed by atoms with E-state index in [0.29, 0.717) is 12.8 Å². The molecule has 0 saturated heterocycles. The molecule has 0 amide bonds. The van der Waals surface area contributed by atoms with Gasteiger partial charge in [-0.15, -0.1) is 0 Å². The summed E-state index contributed by atoms with van der Waals surface area (Å²) < 4.78 is 4.52. The summed E-state index contributed by atoms with van der Waals surface area (Å²) in [5, 5.41) is 9.58. The molecule has 0 saturated carbocycles. The van der Waals surface area contributed by atoms with Crippen molar-refractivity contribution in [3.8, 4) is 0 Å². The van der Waals surface area contributed by atoms with E-state index >= 15 is 0 Å². The van der Waals surface area contributed by atoms with Crippen LogP contribution in [0.4, 0.5) is 0 Å². The minimum Gasteiger partial charge on any atom is -0.469 e. The van der Waals surface area contributed by atoms with Crippen LogP contribution in [0.15, 0.2) is 0 Å². The first-order valence-corrected chi connectivity index (χ1v) is 5.95. The number of carbonyl (C=O) groups is 1. The fourth-order valence-corrected chi connectivity index (χ4v) is 1.54. The number of hydrogen-bond donors (Lipinski definition) is 1. The van der Waals surface area contributed by atoms with Gasteiger partial charge < -0.3 is 9.84 Å². The van der Waals surface area contributed by atoms with Crippen LogP contribution >= 0.6 is 0 Å². The van der Waals surface area contributed by atoms with Gasteiger partial charge in [-0.25, -0.2) is 0 Å². The fraction of sp³-hybridized carbons (Fsp3) is 0.917. The van der Waals surface area contributed by atoms with E-state index in [9.17, 15) is 9.90 Å². The predicted molar refractivity (Wildman–Crippen MR) is 60.6 cm³/mol. The van der Waals surface area contributed by atoms with E-state index in [1.807, 2.05) is 0 Å². The zero-order valence-corrected chi connectivity index (χ0v) is 10.00. The molecular weight excluding hydrogens is 192 g/mol. The van der Waals surface area contributed by atoms with Gasteiger partial charge in [-0.1, -0.05) is 32.6 Å². The van der Waals surface area contributed by atoms with Crippen LogP contribution in [0.2, 0.25) is 0 Å². The highest BCUT2D eigenvalue weighted by Gasteiger charge is 2.06. The van der Waals surface area contributed by atoms with Crippen molar-refractivity contribution in [2.45, 2.75) is 64.4 Å². The summed E-state index contributed by atoms with van der Waals surface area (Å²) >= 11 is 0. The van der Waals surface area contributed by atoms with Crippen LogP contribution in [0.1, 0.15) is 58.3 Å². The first-order valence-electron chi connectivity index (χ1n) is 5.95. The largest absolute Gasteiger partial charge is 0.469 e.